The van der Waals surface area contributed by atoms with Crippen LogP contribution in [0.4, 0.5) is 0 Å². The van der Waals surface area contributed by atoms with Gasteiger partial charge in [0.1, 0.15) is 5.88 Å². The Kier molecular flexibility index (Phi) is 4.96. The van der Waals surface area contributed by atoms with E-state index in [0.717, 1.165) is 11.1 Å². The van der Waals surface area contributed by atoms with Crippen molar-refractivity contribution in [3.63, 3.8) is 0 Å². The fraction of sp³-hybridized carbons (Fsp3) is 0.273. The van der Waals surface area contributed by atoms with Crippen LogP contribution in [0.5, 0.6) is 0 Å². The number of hydrogen-bond acceptors (Lipinski definition) is 2. The second-order valence-electron chi connectivity index (χ2n) is 3.53. The van der Waals surface area contributed by atoms with Gasteiger partial charge in [-0.2, -0.15) is 0 Å². The smallest absolute Gasteiger partial charge is 0.249 e. The van der Waals surface area contributed by atoms with Gasteiger partial charge < -0.3 is 11.1 Å². The van der Waals surface area contributed by atoms with Crippen molar-refractivity contribution < 1.29 is 9.59 Å². The van der Waals surface area contributed by atoms with Gasteiger partial charge in [0.2, 0.25) is 11.8 Å². The Hall–Kier alpha value is -1.07. The van der Waals surface area contributed by atoms with Crippen molar-refractivity contribution in [1.82, 2.24) is 5.32 Å². The van der Waals surface area contributed by atoms with Crippen molar-refractivity contribution in [2.24, 2.45) is 5.73 Å². The number of amides is 2. The van der Waals surface area contributed by atoms with Gasteiger partial charge in [-0.3, -0.25) is 9.59 Å². The molecule has 0 heterocycles. The van der Waals surface area contributed by atoms with Crippen LogP contribution < -0.4 is 11.1 Å². The van der Waals surface area contributed by atoms with Crippen LogP contribution in [-0.2, 0) is 11.3 Å². The van der Waals surface area contributed by atoms with Gasteiger partial charge in [0.05, 0.1) is 5.56 Å². The number of alkyl halides is 1. The molecule has 0 saturated carbocycles. The number of primary amides is 1. The van der Waals surface area contributed by atoms with E-state index in [4.69, 9.17) is 17.3 Å². The predicted molar refractivity (Wildman–Crippen MR) is 70.0 cm³/mol. The summed E-state index contributed by atoms with van der Waals surface area (Å²) in [5.41, 5.74) is 7.42. The van der Waals surface area contributed by atoms with E-state index in [-0.39, 0.29) is 11.8 Å². The zero-order valence-corrected chi connectivity index (χ0v) is 11.6. The van der Waals surface area contributed by atoms with Crippen LogP contribution in [0.25, 0.3) is 0 Å². The summed E-state index contributed by atoms with van der Waals surface area (Å²) in [6.45, 7) is 2.21. The highest BCUT2D eigenvalue weighted by atomic mass is 79.9. The van der Waals surface area contributed by atoms with E-state index in [0.29, 0.717) is 16.6 Å². The lowest BCUT2D eigenvalue weighted by atomic mass is 10.0. The molecule has 0 aliphatic carbocycles. The molecule has 3 N–H and O–H groups in total. The average Bonchev–Trinajstić information content (AvgIpc) is 2.26. The average molecular weight is 320 g/mol. The number of carbonyl (C=O) groups excluding carboxylic acids is 2. The molecule has 0 atom stereocenters. The quantitative estimate of drug-likeness (QED) is 0.829. The van der Waals surface area contributed by atoms with Gasteiger partial charge in [0, 0.05) is 11.0 Å². The topological polar surface area (TPSA) is 72.2 Å². The second kappa shape index (κ2) is 6.02. The number of rotatable bonds is 4. The van der Waals surface area contributed by atoms with Crippen LogP contribution in [-0.4, -0.2) is 17.7 Å². The van der Waals surface area contributed by atoms with E-state index in [1.54, 1.807) is 12.1 Å². The Morgan fingerprint density at radius 1 is 1.47 bits per heavy atom. The number of nitrogens with one attached hydrogen (secondary N) is 1. The van der Waals surface area contributed by atoms with Gasteiger partial charge in [-0.25, -0.2) is 0 Å². The maximum Gasteiger partial charge on any atom is 0.249 e. The molecule has 0 unspecified atom stereocenters. The predicted octanol–water partition coefficient (Wildman–Crippen LogP) is 1.71. The lowest BCUT2D eigenvalue weighted by molar-refractivity contribution is -0.118. The van der Waals surface area contributed by atoms with E-state index in [1.807, 2.05) is 6.92 Å². The molecule has 0 aliphatic heterocycles. The standard InChI is InChI=1S/C11H12BrClN2O2/c1-6-2-9(12)8(11(14)17)3-7(6)5-15-10(16)4-13/h2-3H,4-5H2,1H3,(H2,14,17)(H,15,16). The molecule has 17 heavy (non-hydrogen) atoms. The fourth-order valence-electron chi connectivity index (χ4n) is 1.34. The highest BCUT2D eigenvalue weighted by molar-refractivity contribution is 9.10. The minimum atomic E-state index is -0.512. The third kappa shape index (κ3) is 3.71. The van der Waals surface area contributed by atoms with Gasteiger partial charge in [0.25, 0.3) is 0 Å². The van der Waals surface area contributed by atoms with Crippen molar-refractivity contribution in [2.75, 3.05) is 5.88 Å². The highest BCUT2D eigenvalue weighted by Crippen LogP contribution is 2.21. The highest BCUT2D eigenvalue weighted by Gasteiger charge is 2.10. The molecule has 1 aromatic carbocycles. The monoisotopic (exact) mass is 318 g/mol. The van der Waals surface area contributed by atoms with E-state index in [9.17, 15) is 9.59 Å². The Morgan fingerprint density at radius 2 is 2.12 bits per heavy atom. The number of hydrogen-bond donors (Lipinski definition) is 2. The number of benzene rings is 1. The summed E-state index contributed by atoms with van der Waals surface area (Å²) >= 11 is 8.64. The first kappa shape index (κ1) is 14.0. The van der Waals surface area contributed by atoms with Crippen LogP contribution in [0.3, 0.4) is 0 Å². The first-order valence-corrected chi connectivity index (χ1v) is 6.20. The Bertz CT molecular complexity index is 463. The lowest BCUT2D eigenvalue weighted by Gasteiger charge is -2.10. The van der Waals surface area contributed by atoms with Gasteiger partial charge >= 0.3 is 0 Å². The molecule has 6 heteroatoms. The SMILES string of the molecule is Cc1cc(Br)c(C(N)=O)cc1CNC(=O)CCl. The summed E-state index contributed by atoms with van der Waals surface area (Å²) in [6, 6.07) is 3.46. The molecule has 0 aliphatic rings. The minimum Gasteiger partial charge on any atom is -0.366 e. The van der Waals surface area contributed by atoms with Crippen LogP contribution in [0.15, 0.2) is 16.6 Å². The second-order valence-corrected chi connectivity index (χ2v) is 4.65. The van der Waals surface area contributed by atoms with Crippen molar-refractivity contribution in [3.05, 3.63) is 33.3 Å². The van der Waals surface area contributed by atoms with Crippen molar-refractivity contribution in [3.8, 4) is 0 Å². The van der Waals surface area contributed by atoms with E-state index in [2.05, 4.69) is 21.2 Å². The van der Waals surface area contributed by atoms with Crippen molar-refractivity contribution in [1.29, 1.82) is 0 Å². The molecule has 0 fully saturated rings. The zero-order valence-electron chi connectivity index (χ0n) is 9.22. The van der Waals surface area contributed by atoms with Crippen LogP contribution in [0.1, 0.15) is 21.5 Å². The molecule has 0 saturated heterocycles. The van der Waals surface area contributed by atoms with E-state index >= 15 is 0 Å². The van der Waals surface area contributed by atoms with Gasteiger partial charge in [0.15, 0.2) is 0 Å². The van der Waals surface area contributed by atoms with Gasteiger partial charge in [-0.15, -0.1) is 11.6 Å². The molecular weight excluding hydrogens is 307 g/mol. The minimum absolute atomic E-state index is 0.0851. The molecular formula is C11H12BrClN2O2. The molecule has 2 amide bonds. The number of aryl methyl sites for hydroxylation is 1. The molecule has 0 radical (unpaired) electrons. The van der Waals surface area contributed by atoms with Crippen LogP contribution >= 0.6 is 27.5 Å². The zero-order chi connectivity index (χ0) is 13.0. The summed E-state index contributed by atoms with van der Waals surface area (Å²) in [7, 11) is 0. The largest absolute Gasteiger partial charge is 0.366 e. The molecule has 0 bridgehead atoms. The maximum atomic E-state index is 11.2. The Labute approximate surface area is 113 Å². The number of nitrogens with two attached hydrogens (primary N) is 1. The Morgan fingerprint density at radius 3 is 2.65 bits per heavy atom. The number of halogens is 2. The van der Waals surface area contributed by atoms with Gasteiger partial charge in [-0.1, -0.05) is 0 Å². The molecule has 0 spiro atoms. The lowest BCUT2D eigenvalue weighted by Crippen LogP contribution is -2.24. The van der Waals surface area contributed by atoms with E-state index in [1.165, 1.54) is 0 Å². The first-order valence-electron chi connectivity index (χ1n) is 4.87. The summed E-state index contributed by atoms with van der Waals surface area (Å²) in [4.78, 5) is 22.2. The van der Waals surface area contributed by atoms with Crippen molar-refractivity contribution >= 4 is 39.3 Å². The molecule has 92 valence electrons. The van der Waals surface area contributed by atoms with Gasteiger partial charge in [-0.05, 0) is 46.1 Å². The summed E-state index contributed by atoms with van der Waals surface area (Å²) < 4.78 is 0.648. The van der Waals surface area contributed by atoms with Crippen molar-refractivity contribution in [2.45, 2.75) is 13.5 Å². The molecule has 1 rings (SSSR count). The maximum absolute atomic E-state index is 11.2. The summed E-state index contributed by atoms with van der Waals surface area (Å²) in [5.74, 6) is -0.852. The summed E-state index contributed by atoms with van der Waals surface area (Å²) in [5, 5.41) is 2.64. The first-order chi connectivity index (χ1) is 7.95. The van der Waals surface area contributed by atoms with E-state index < -0.39 is 5.91 Å². The third-order valence-electron chi connectivity index (χ3n) is 2.29. The normalized spacial score (nSPS) is 10.1. The molecule has 1 aromatic rings. The molecule has 0 aromatic heterocycles. The molecule has 4 nitrogen and oxygen atoms in total. The Balaban J connectivity index is 2.96. The number of carbonyl (C=O) groups is 2. The van der Waals surface area contributed by atoms with Crippen LogP contribution in [0, 0.1) is 6.92 Å². The summed E-state index contributed by atoms with van der Waals surface area (Å²) in [6.07, 6.45) is 0. The fourth-order valence-corrected chi connectivity index (χ4v) is 2.09. The van der Waals surface area contributed by atoms with Crippen LogP contribution in [0.2, 0.25) is 0 Å². The third-order valence-corrected chi connectivity index (χ3v) is 3.19.